The SMILES string of the molecule is CO[C@@]12CCON(Cc3ccccc3)[C@@H]1[C@@H](O)CO2. The fraction of sp³-hybridized carbons (Fsp3) is 0.571. The maximum absolute atomic E-state index is 10.1. The van der Waals surface area contributed by atoms with E-state index in [1.165, 1.54) is 0 Å². The summed E-state index contributed by atoms with van der Waals surface area (Å²) >= 11 is 0. The van der Waals surface area contributed by atoms with Crippen molar-refractivity contribution in [3.05, 3.63) is 35.9 Å². The van der Waals surface area contributed by atoms with Gasteiger partial charge >= 0.3 is 0 Å². The second kappa shape index (κ2) is 5.19. The van der Waals surface area contributed by atoms with Crippen LogP contribution in [0.15, 0.2) is 30.3 Å². The zero-order valence-corrected chi connectivity index (χ0v) is 11.0. The molecule has 1 aromatic rings. The molecule has 1 N–H and O–H groups in total. The number of rotatable bonds is 3. The quantitative estimate of drug-likeness (QED) is 0.881. The molecule has 19 heavy (non-hydrogen) atoms. The molecule has 0 spiro atoms. The average Bonchev–Trinajstić information content (AvgIpc) is 2.79. The Morgan fingerprint density at radius 1 is 1.42 bits per heavy atom. The first kappa shape index (κ1) is 13.0. The number of fused-ring (bicyclic) bond motifs is 1. The number of ether oxygens (including phenoxy) is 2. The van der Waals surface area contributed by atoms with Crippen molar-refractivity contribution in [2.45, 2.75) is 30.9 Å². The van der Waals surface area contributed by atoms with E-state index in [0.29, 0.717) is 19.6 Å². The molecule has 0 radical (unpaired) electrons. The molecule has 3 atom stereocenters. The number of benzene rings is 1. The van der Waals surface area contributed by atoms with Gasteiger partial charge in [0, 0.05) is 20.1 Å². The van der Waals surface area contributed by atoms with Gasteiger partial charge in [0.15, 0.2) is 5.79 Å². The van der Waals surface area contributed by atoms with Gasteiger partial charge in [-0.3, -0.25) is 4.84 Å². The molecule has 2 heterocycles. The molecule has 0 unspecified atom stereocenters. The Kier molecular flexibility index (Phi) is 3.56. The van der Waals surface area contributed by atoms with E-state index < -0.39 is 11.9 Å². The molecule has 2 aliphatic rings. The molecule has 2 fully saturated rings. The Morgan fingerprint density at radius 3 is 2.95 bits per heavy atom. The Labute approximate surface area is 112 Å². The Balaban J connectivity index is 1.81. The molecule has 5 nitrogen and oxygen atoms in total. The first-order valence-corrected chi connectivity index (χ1v) is 6.56. The predicted octanol–water partition coefficient (Wildman–Crippen LogP) is 0.926. The van der Waals surface area contributed by atoms with Crippen LogP contribution in [-0.2, 0) is 20.9 Å². The van der Waals surface area contributed by atoms with Gasteiger partial charge in [0.05, 0.1) is 13.2 Å². The van der Waals surface area contributed by atoms with Crippen molar-refractivity contribution in [1.29, 1.82) is 0 Å². The Bertz CT molecular complexity index is 423. The number of hydrogen-bond acceptors (Lipinski definition) is 5. The van der Waals surface area contributed by atoms with E-state index in [1.54, 1.807) is 12.2 Å². The van der Waals surface area contributed by atoms with Crippen LogP contribution in [0.25, 0.3) is 0 Å². The fourth-order valence-electron chi connectivity index (χ4n) is 2.90. The summed E-state index contributed by atoms with van der Waals surface area (Å²) in [5.41, 5.74) is 1.13. The summed E-state index contributed by atoms with van der Waals surface area (Å²) in [4.78, 5) is 5.71. The van der Waals surface area contributed by atoms with Gasteiger partial charge in [-0.15, -0.1) is 0 Å². The minimum Gasteiger partial charge on any atom is -0.389 e. The molecular weight excluding hydrogens is 246 g/mol. The van der Waals surface area contributed by atoms with Crippen molar-refractivity contribution in [1.82, 2.24) is 5.06 Å². The van der Waals surface area contributed by atoms with E-state index in [9.17, 15) is 5.11 Å². The number of hydrogen-bond donors (Lipinski definition) is 1. The minimum absolute atomic E-state index is 0.285. The van der Waals surface area contributed by atoms with Crippen molar-refractivity contribution < 1.29 is 19.4 Å². The number of aliphatic hydroxyl groups is 1. The largest absolute Gasteiger partial charge is 0.389 e. The van der Waals surface area contributed by atoms with Crippen LogP contribution in [0.5, 0.6) is 0 Å². The molecule has 0 bridgehead atoms. The standard InChI is InChI=1S/C14H19NO4/c1-17-14-7-8-19-15(13(14)12(16)10-18-14)9-11-5-3-2-4-6-11/h2-6,12-13,16H,7-10H2,1H3/t12-,13+,14+/m0/s1. The Morgan fingerprint density at radius 2 is 2.21 bits per heavy atom. The van der Waals surface area contributed by atoms with Gasteiger partial charge < -0.3 is 14.6 Å². The number of methoxy groups -OCH3 is 1. The van der Waals surface area contributed by atoms with Crippen molar-refractivity contribution in [3.63, 3.8) is 0 Å². The van der Waals surface area contributed by atoms with E-state index in [-0.39, 0.29) is 12.6 Å². The molecule has 0 saturated carbocycles. The molecule has 2 aliphatic heterocycles. The molecule has 2 saturated heterocycles. The van der Waals surface area contributed by atoms with Crippen LogP contribution in [0, 0.1) is 0 Å². The maximum Gasteiger partial charge on any atom is 0.190 e. The minimum atomic E-state index is -0.744. The van der Waals surface area contributed by atoms with Crippen LogP contribution in [-0.4, -0.2) is 48.4 Å². The summed E-state index contributed by atoms with van der Waals surface area (Å²) in [7, 11) is 1.62. The van der Waals surface area contributed by atoms with Crippen LogP contribution in [0.1, 0.15) is 12.0 Å². The van der Waals surface area contributed by atoms with Crippen LogP contribution >= 0.6 is 0 Å². The topological polar surface area (TPSA) is 51.2 Å². The van der Waals surface area contributed by atoms with Gasteiger partial charge in [0.2, 0.25) is 0 Å². The second-order valence-corrected chi connectivity index (χ2v) is 4.98. The zero-order chi connectivity index (χ0) is 13.3. The van der Waals surface area contributed by atoms with Gasteiger partial charge in [-0.05, 0) is 5.56 Å². The van der Waals surface area contributed by atoms with E-state index in [2.05, 4.69) is 0 Å². The summed E-state index contributed by atoms with van der Waals surface area (Å²) in [6.45, 7) is 1.42. The number of hydroxylamine groups is 2. The second-order valence-electron chi connectivity index (χ2n) is 4.98. The van der Waals surface area contributed by atoms with E-state index in [4.69, 9.17) is 14.3 Å². The monoisotopic (exact) mass is 265 g/mol. The first-order valence-electron chi connectivity index (χ1n) is 6.56. The third-order valence-corrected chi connectivity index (χ3v) is 3.86. The van der Waals surface area contributed by atoms with E-state index in [0.717, 1.165) is 5.56 Å². The summed E-state index contributed by atoms with van der Waals surface area (Å²) in [5.74, 6) is -0.744. The third-order valence-electron chi connectivity index (χ3n) is 3.86. The van der Waals surface area contributed by atoms with Crippen molar-refractivity contribution in [2.75, 3.05) is 20.3 Å². The lowest BCUT2D eigenvalue weighted by atomic mass is 9.99. The lowest BCUT2D eigenvalue weighted by Crippen LogP contribution is -2.59. The Hall–Kier alpha value is -0.980. The average molecular weight is 265 g/mol. The fourth-order valence-corrected chi connectivity index (χ4v) is 2.90. The van der Waals surface area contributed by atoms with Crippen molar-refractivity contribution >= 4 is 0 Å². The van der Waals surface area contributed by atoms with Crippen molar-refractivity contribution in [3.8, 4) is 0 Å². The molecular formula is C14H19NO4. The summed E-state index contributed by atoms with van der Waals surface area (Å²) in [6, 6.07) is 9.75. The zero-order valence-electron chi connectivity index (χ0n) is 11.0. The van der Waals surface area contributed by atoms with Crippen LogP contribution in [0.4, 0.5) is 0 Å². The van der Waals surface area contributed by atoms with Gasteiger partial charge in [-0.2, -0.15) is 5.06 Å². The highest BCUT2D eigenvalue weighted by molar-refractivity contribution is 5.15. The molecule has 0 aromatic heterocycles. The molecule has 0 aliphatic carbocycles. The molecule has 104 valence electrons. The van der Waals surface area contributed by atoms with Gasteiger partial charge in [-0.25, -0.2) is 0 Å². The maximum atomic E-state index is 10.1. The molecule has 3 rings (SSSR count). The van der Waals surface area contributed by atoms with Gasteiger partial charge in [-0.1, -0.05) is 30.3 Å². The van der Waals surface area contributed by atoms with Crippen molar-refractivity contribution in [2.24, 2.45) is 0 Å². The summed E-state index contributed by atoms with van der Waals surface area (Å²) < 4.78 is 11.2. The summed E-state index contributed by atoms with van der Waals surface area (Å²) in [5, 5.41) is 11.9. The summed E-state index contributed by atoms with van der Waals surface area (Å²) in [6.07, 6.45) is 0.0419. The smallest absolute Gasteiger partial charge is 0.190 e. The molecule has 0 amide bonds. The van der Waals surface area contributed by atoms with E-state index in [1.807, 2.05) is 30.3 Å². The normalized spacial score (nSPS) is 35.3. The molecule has 1 aromatic carbocycles. The van der Waals surface area contributed by atoms with Crippen LogP contribution < -0.4 is 0 Å². The number of aliphatic hydroxyl groups excluding tert-OH is 1. The van der Waals surface area contributed by atoms with E-state index >= 15 is 0 Å². The van der Waals surface area contributed by atoms with Crippen LogP contribution in [0.3, 0.4) is 0 Å². The lowest BCUT2D eigenvalue weighted by Gasteiger charge is -2.43. The number of nitrogens with zero attached hydrogens (tertiary/aromatic N) is 1. The predicted molar refractivity (Wildman–Crippen MR) is 68.0 cm³/mol. The highest BCUT2D eigenvalue weighted by Crippen LogP contribution is 2.38. The van der Waals surface area contributed by atoms with Gasteiger partial charge in [0.25, 0.3) is 0 Å². The first-order chi connectivity index (χ1) is 9.25. The lowest BCUT2D eigenvalue weighted by molar-refractivity contribution is -0.330. The van der Waals surface area contributed by atoms with Gasteiger partial charge in [0.1, 0.15) is 12.1 Å². The van der Waals surface area contributed by atoms with Crippen LogP contribution in [0.2, 0.25) is 0 Å². The molecule has 5 heteroatoms. The third kappa shape index (κ3) is 2.28. The highest BCUT2D eigenvalue weighted by atomic mass is 16.7. The highest BCUT2D eigenvalue weighted by Gasteiger charge is 2.55.